The number of benzene rings is 1. The molecule has 0 heterocycles. The van der Waals surface area contributed by atoms with Gasteiger partial charge in [0.1, 0.15) is 0 Å². The molecule has 0 bridgehead atoms. The lowest BCUT2D eigenvalue weighted by Gasteiger charge is -2.38. The standard InChI is InChI=1S/C13H19N/c1-4-12(2)9-10-7-5-6-8-11(10)13(12,3)14/h5-8H,4,9,14H2,1-3H3/t12-,13+/m1/s1. The zero-order valence-corrected chi connectivity index (χ0v) is 9.30. The van der Waals surface area contributed by atoms with Crippen molar-refractivity contribution in [1.82, 2.24) is 0 Å². The molecule has 0 aromatic heterocycles. The van der Waals surface area contributed by atoms with Crippen LogP contribution < -0.4 is 5.73 Å². The number of hydrogen-bond donors (Lipinski definition) is 1. The van der Waals surface area contributed by atoms with E-state index < -0.39 is 0 Å². The minimum atomic E-state index is -0.168. The van der Waals surface area contributed by atoms with Gasteiger partial charge in [0.05, 0.1) is 0 Å². The summed E-state index contributed by atoms with van der Waals surface area (Å²) in [4.78, 5) is 0. The molecule has 0 saturated heterocycles. The molecule has 1 aliphatic rings. The van der Waals surface area contributed by atoms with Crippen LogP contribution in [0.2, 0.25) is 0 Å². The predicted octanol–water partition coefficient (Wildman–Crippen LogP) is 2.83. The zero-order valence-electron chi connectivity index (χ0n) is 9.30. The molecule has 0 radical (unpaired) electrons. The van der Waals surface area contributed by atoms with Crippen molar-refractivity contribution in [2.24, 2.45) is 11.1 Å². The number of fused-ring (bicyclic) bond motifs is 1. The monoisotopic (exact) mass is 189 g/mol. The molecule has 0 amide bonds. The Bertz CT molecular complexity index is 354. The Morgan fingerprint density at radius 2 is 1.93 bits per heavy atom. The van der Waals surface area contributed by atoms with E-state index in [0.29, 0.717) is 0 Å². The van der Waals surface area contributed by atoms with Crippen LogP contribution in [0.1, 0.15) is 38.3 Å². The molecular formula is C13H19N. The summed E-state index contributed by atoms with van der Waals surface area (Å²) >= 11 is 0. The highest BCUT2D eigenvalue weighted by molar-refractivity contribution is 5.41. The third-order valence-corrected chi connectivity index (χ3v) is 4.19. The zero-order chi connectivity index (χ0) is 10.4. The van der Waals surface area contributed by atoms with Gasteiger partial charge in [0, 0.05) is 5.54 Å². The van der Waals surface area contributed by atoms with Crippen LogP contribution >= 0.6 is 0 Å². The number of nitrogens with two attached hydrogens (primary N) is 1. The van der Waals surface area contributed by atoms with E-state index >= 15 is 0 Å². The lowest BCUT2D eigenvalue weighted by Crippen LogP contribution is -2.45. The molecule has 1 heteroatoms. The van der Waals surface area contributed by atoms with Crippen LogP contribution in [0, 0.1) is 5.41 Å². The van der Waals surface area contributed by atoms with Crippen molar-refractivity contribution < 1.29 is 0 Å². The second-order valence-electron chi connectivity index (χ2n) is 4.95. The van der Waals surface area contributed by atoms with Crippen molar-refractivity contribution in [2.75, 3.05) is 0 Å². The van der Waals surface area contributed by atoms with Gasteiger partial charge in [0.15, 0.2) is 0 Å². The Balaban J connectivity index is 2.56. The normalized spacial score (nSPS) is 35.7. The quantitative estimate of drug-likeness (QED) is 0.722. The maximum Gasteiger partial charge on any atom is 0.0441 e. The molecule has 0 fully saturated rings. The van der Waals surface area contributed by atoms with Gasteiger partial charge in [-0.25, -0.2) is 0 Å². The second kappa shape index (κ2) is 2.83. The SMILES string of the molecule is CC[C@]1(C)Cc2ccccc2[C@]1(C)N. The van der Waals surface area contributed by atoms with E-state index in [1.165, 1.54) is 11.1 Å². The fraction of sp³-hybridized carbons (Fsp3) is 0.538. The summed E-state index contributed by atoms with van der Waals surface area (Å²) in [5.41, 5.74) is 9.30. The van der Waals surface area contributed by atoms with Gasteiger partial charge in [0.2, 0.25) is 0 Å². The largest absolute Gasteiger partial charge is 0.321 e. The molecule has 0 aliphatic heterocycles. The Kier molecular flexibility index (Phi) is 1.97. The minimum Gasteiger partial charge on any atom is -0.321 e. The molecule has 2 atom stereocenters. The summed E-state index contributed by atoms with van der Waals surface area (Å²) in [7, 11) is 0. The Labute approximate surface area is 86.3 Å². The molecule has 1 nitrogen and oxygen atoms in total. The summed E-state index contributed by atoms with van der Waals surface area (Å²) in [6, 6.07) is 8.58. The predicted molar refractivity (Wildman–Crippen MR) is 60.1 cm³/mol. The van der Waals surface area contributed by atoms with E-state index in [0.717, 1.165) is 12.8 Å². The van der Waals surface area contributed by atoms with Crippen LogP contribution in [0.15, 0.2) is 24.3 Å². The van der Waals surface area contributed by atoms with Gasteiger partial charge in [-0.2, -0.15) is 0 Å². The van der Waals surface area contributed by atoms with Crippen molar-refractivity contribution in [1.29, 1.82) is 0 Å². The first kappa shape index (κ1) is 9.72. The first-order valence-electron chi connectivity index (χ1n) is 5.38. The summed E-state index contributed by atoms with van der Waals surface area (Å²) in [5.74, 6) is 0. The maximum atomic E-state index is 6.48. The highest BCUT2D eigenvalue weighted by Crippen LogP contribution is 2.49. The Hall–Kier alpha value is -0.820. The first-order valence-corrected chi connectivity index (χ1v) is 5.38. The first-order chi connectivity index (χ1) is 6.51. The van der Waals surface area contributed by atoms with Crippen molar-refractivity contribution in [3.8, 4) is 0 Å². The lowest BCUT2D eigenvalue weighted by atomic mass is 9.71. The van der Waals surface area contributed by atoms with E-state index in [-0.39, 0.29) is 11.0 Å². The molecule has 14 heavy (non-hydrogen) atoms. The molecule has 1 aliphatic carbocycles. The van der Waals surface area contributed by atoms with Crippen LogP contribution in [-0.4, -0.2) is 0 Å². The van der Waals surface area contributed by atoms with E-state index in [4.69, 9.17) is 5.73 Å². The van der Waals surface area contributed by atoms with Gasteiger partial charge in [-0.1, -0.05) is 38.1 Å². The summed E-state index contributed by atoms with van der Waals surface area (Å²) in [5, 5.41) is 0. The molecule has 1 aromatic rings. The van der Waals surface area contributed by atoms with Gasteiger partial charge in [-0.3, -0.25) is 0 Å². The molecule has 0 spiro atoms. The third-order valence-electron chi connectivity index (χ3n) is 4.19. The average Bonchev–Trinajstić information content (AvgIpc) is 2.37. The topological polar surface area (TPSA) is 26.0 Å². The maximum absolute atomic E-state index is 6.48. The summed E-state index contributed by atoms with van der Waals surface area (Å²) in [6.45, 7) is 6.70. The summed E-state index contributed by atoms with van der Waals surface area (Å²) < 4.78 is 0. The molecule has 1 aromatic carbocycles. The van der Waals surface area contributed by atoms with E-state index in [1.807, 2.05) is 0 Å². The molecule has 0 saturated carbocycles. The van der Waals surface area contributed by atoms with Crippen LogP contribution in [0.5, 0.6) is 0 Å². The van der Waals surface area contributed by atoms with Crippen LogP contribution in [0.3, 0.4) is 0 Å². The van der Waals surface area contributed by atoms with E-state index in [2.05, 4.69) is 45.0 Å². The van der Waals surface area contributed by atoms with Crippen LogP contribution in [0.25, 0.3) is 0 Å². The molecule has 2 N–H and O–H groups in total. The van der Waals surface area contributed by atoms with Gasteiger partial charge in [-0.05, 0) is 36.3 Å². The van der Waals surface area contributed by atoms with E-state index in [1.54, 1.807) is 0 Å². The van der Waals surface area contributed by atoms with Crippen molar-refractivity contribution in [3.05, 3.63) is 35.4 Å². The Morgan fingerprint density at radius 1 is 1.29 bits per heavy atom. The van der Waals surface area contributed by atoms with Gasteiger partial charge in [0.25, 0.3) is 0 Å². The number of hydrogen-bond acceptors (Lipinski definition) is 1. The van der Waals surface area contributed by atoms with Gasteiger partial charge >= 0.3 is 0 Å². The highest BCUT2D eigenvalue weighted by atomic mass is 14.8. The minimum absolute atomic E-state index is 0.168. The Morgan fingerprint density at radius 3 is 2.50 bits per heavy atom. The average molecular weight is 189 g/mol. The molecule has 0 unspecified atom stereocenters. The van der Waals surface area contributed by atoms with Crippen molar-refractivity contribution >= 4 is 0 Å². The van der Waals surface area contributed by atoms with Gasteiger partial charge < -0.3 is 5.73 Å². The van der Waals surface area contributed by atoms with Crippen LogP contribution in [-0.2, 0) is 12.0 Å². The second-order valence-corrected chi connectivity index (χ2v) is 4.95. The third kappa shape index (κ3) is 1.05. The lowest BCUT2D eigenvalue weighted by molar-refractivity contribution is 0.175. The molecule has 76 valence electrons. The van der Waals surface area contributed by atoms with Crippen molar-refractivity contribution in [3.63, 3.8) is 0 Å². The fourth-order valence-electron chi connectivity index (χ4n) is 2.60. The molecular weight excluding hydrogens is 170 g/mol. The van der Waals surface area contributed by atoms with Gasteiger partial charge in [-0.15, -0.1) is 0 Å². The summed E-state index contributed by atoms with van der Waals surface area (Å²) in [6.07, 6.45) is 2.25. The number of rotatable bonds is 1. The van der Waals surface area contributed by atoms with Crippen LogP contribution in [0.4, 0.5) is 0 Å². The molecule has 2 rings (SSSR count). The smallest absolute Gasteiger partial charge is 0.0441 e. The highest BCUT2D eigenvalue weighted by Gasteiger charge is 2.47. The van der Waals surface area contributed by atoms with Crippen molar-refractivity contribution in [2.45, 2.75) is 39.2 Å². The fourth-order valence-corrected chi connectivity index (χ4v) is 2.60. The van der Waals surface area contributed by atoms with E-state index in [9.17, 15) is 0 Å².